The molecule has 0 aromatic rings. The van der Waals surface area contributed by atoms with Crippen LogP contribution in [0.2, 0.25) is 0 Å². The molecule has 0 rings (SSSR count). The summed E-state index contributed by atoms with van der Waals surface area (Å²) < 4.78 is 0. The molecule has 4 heteroatoms. The maximum atomic E-state index is 9.47. The maximum absolute atomic E-state index is 9.47. The summed E-state index contributed by atoms with van der Waals surface area (Å²) in [6.45, 7) is 4.81. The summed E-state index contributed by atoms with van der Waals surface area (Å²) in [5.41, 5.74) is -0.927. The van der Waals surface area contributed by atoms with Gasteiger partial charge in [-0.3, -0.25) is 0 Å². The van der Waals surface area contributed by atoms with E-state index in [1.54, 1.807) is 20.8 Å². The molecule has 86 valence electrons. The lowest BCUT2D eigenvalue weighted by Crippen LogP contribution is -2.29. The standard InChI is InChI=1S/C10H22O4/c1-7(11)4-8(12)5-9(13)6-10(2,3)14/h7-9,11-14H,4-6H2,1-3H3. The van der Waals surface area contributed by atoms with Crippen molar-refractivity contribution in [3.63, 3.8) is 0 Å². The SMILES string of the molecule is CC(O)CC(O)CC(O)CC(C)(C)O. The summed E-state index contributed by atoms with van der Waals surface area (Å²) >= 11 is 0. The predicted octanol–water partition coefficient (Wildman–Crippen LogP) is 0.0302. The van der Waals surface area contributed by atoms with Gasteiger partial charge in [0.2, 0.25) is 0 Å². The van der Waals surface area contributed by atoms with Crippen LogP contribution >= 0.6 is 0 Å². The lowest BCUT2D eigenvalue weighted by molar-refractivity contribution is -0.00838. The Morgan fingerprint density at radius 1 is 1.00 bits per heavy atom. The molecule has 0 bridgehead atoms. The van der Waals surface area contributed by atoms with Crippen molar-refractivity contribution >= 4 is 0 Å². The maximum Gasteiger partial charge on any atom is 0.0616 e. The highest BCUT2D eigenvalue weighted by Crippen LogP contribution is 2.15. The molecule has 0 saturated heterocycles. The van der Waals surface area contributed by atoms with Crippen molar-refractivity contribution in [3.05, 3.63) is 0 Å². The summed E-state index contributed by atoms with van der Waals surface area (Å²) in [4.78, 5) is 0. The number of hydrogen-bond acceptors (Lipinski definition) is 4. The van der Waals surface area contributed by atoms with Crippen LogP contribution in [0.5, 0.6) is 0 Å². The molecular weight excluding hydrogens is 184 g/mol. The minimum atomic E-state index is -0.927. The van der Waals surface area contributed by atoms with E-state index in [-0.39, 0.29) is 19.3 Å². The molecule has 0 amide bonds. The van der Waals surface area contributed by atoms with Gasteiger partial charge in [0, 0.05) is 6.42 Å². The van der Waals surface area contributed by atoms with Gasteiger partial charge < -0.3 is 20.4 Å². The first kappa shape index (κ1) is 13.8. The Morgan fingerprint density at radius 3 is 1.86 bits per heavy atom. The third kappa shape index (κ3) is 8.44. The molecule has 0 aromatic carbocycles. The van der Waals surface area contributed by atoms with E-state index in [9.17, 15) is 15.3 Å². The first-order chi connectivity index (χ1) is 6.20. The van der Waals surface area contributed by atoms with Gasteiger partial charge in [-0.1, -0.05) is 0 Å². The molecule has 0 fully saturated rings. The highest BCUT2D eigenvalue weighted by molar-refractivity contribution is 4.74. The van der Waals surface area contributed by atoms with Gasteiger partial charge in [0.1, 0.15) is 0 Å². The van der Waals surface area contributed by atoms with Crippen LogP contribution in [0, 0.1) is 0 Å². The zero-order valence-corrected chi connectivity index (χ0v) is 9.14. The molecule has 0 aromatic heterocycles. The van der Waals surface area contributed by atoms with E-state index in [2.05, 4.69) is 0 Å². The minimum Gasteiger partial charge on any atom is -0.393 e. The Balaban J connectivity index is 3.76. The molecule has 3 unspecified atom stereocenters. The fourth-order valence-corrected chi connectivity index (χ4v) is 1.46. The first-order valence-electron chi connectivity index (χ1n) is 4.97. The number of rotatable bonds is 6. The van der Waals surface area contributed by atoms with Gasteiger partial charge in [-0.05, 0) is 33.6 Å². The Hall–Kier alpha value is -0.160. The number of aliphatic hydroxyl groups is 4. The van der Waals surface area contributed by atoms with Crippen LogP contribution in [0.4, 0.5) is 0 Å². The predicted molar refractivity (Wildman–Crippen MR) is 53.8 cm³/mol. The van der Waals surface area contributed by atoms with E-state index in [4.69, 9.17) is 5.11 Å². The normalized spacial score (nSPS) is 19.1. The average molecular weight is 206 g/mol. The molecule has 0 spiro atoms. The van der Waals surface area contributed by atoms with E-state index >= 15 is 0 Å². The van der Waals surface area contributed by atoms with Crippen molar-refractivity contribution in [1.29, 1.82) is 0 Å². The third-order valence-corrected chi connectivity index (χ3v) is 1.89. The van der Waals surface area contributed by atoms with Crippen molar-refractivity contribution in [3.8, 4) is 0 Å². The fraction of sp³-hybridized carbons (Fsp3) is 1.00. The highest BCUT2D eigenvalue weighted by Gasteiger charge is 2.21. The van der Waals surface area contributed by atoms with Crippen LogP contribution in [0.15, 0.2) is 0 Å². The summed E-state index contributed by atoms with van der Waals surface area (Å²) in [7, 11) is 0. The monoisotopic (exact) mass is 206 g/mol. The van der Waals surface area contributed by atoms with Crippen LogP contribution in [0.25, 0.3) is 0 Å². The second-order valence-corrected chi connectivity index (χ2v) is 4.64. The second kappa shape index (κ2) is 5.66. The van der Waals surface area contributed by atoms with Gasteiger partial charge in [-0.15, -0.1) is 0 Å². The molecule has 3 atom stereocenters. The summed E-state index contributed by atoms with van der Waals surface area (Å²) in [5, 5.41) is 37.2. The van der Waals surface area contributed by atoms with E-state index in [0.717, 1.165) is 0 Å². The Kier molecular flexibility index (Phi) is 5.59. The van der Waals surface area contributed by atoms with E-state index in [1.165, 1.54) is 0 Å². The lowest BCUT2D eigenvalue weighted by atomic mass is 9.96. The number of aliphatic hydroxyl groups excluding tert-OH is 3. The van der Waals surface area contributed by atoms with Crippen LogP contribution in [0.1, 0.15) is 40.0 Å². The van der Waals surface area contributed by atoms with E-state index in [0.29, 0.717) is 0 Å². The summed E-state index contributed by atoms with van der Waals surface area (Å²) in [5.74, 6) is 0. The average Bonchev–Trinajstić information content (AvgIpc) is 1.77. The Bertz CT molecular complexity index is 151. The molecule has 0 aliphatic rings. The van der Waals surface area contributed by atoms with Crippen molar-refractivity contribution in [2.45, 2.75) is 63.9 Å². The third-order valence-electron chi connectivity index (χ3n) is 1.89. The van der Waals surface area contributed by atoms with E-state index in [1.807, 2.05) is 0 Å². The second-order valence-electron chi connectivity index (χ2n) is 4.64. The van der Waals surface area contributed by atoms with Crippen molar-refractivity contribution in [2.75, 3.05) is 0 Å². The van der Waals surface area contributed by atoms with Crippen molar-refractivity contribution < 1.29 is 20.4 Å². The first-order valence-corrected chi connectivity index (χ1v) is 4.97. The zero-order chi connectivity index (χ0) is 11.4. The quantitative estimate of drug-likeness (QED) is 0.494. The Labute approximate surface area is 85.2 Å². The van der Waals surface area contributed by atoms with Crippen molar-refractivity contribution in [2.24, 2.45) is 0 Å². The molecule has 14 heavy (non-hydrogen) atoms. The Morgan fingerprint density at radius 2 is 1.50 bits per heavy atom. The molecule has 4 N–H and O–H groups in total. The molecular formula is C10H22O4. The molecule has 0 saturated carbocycles. The van der Waals surface area contributed by atoms with Crippen LogP contribution in [0.3, 0.4) is 0 Å². The van der Waals surface area contributed by atoms with Crippen molar-refractivity contribution in [1.82, 2.24) is 0 Å². The zero-order valence-electron chi connectivity index (χ0n) is 9.14. The van der Waals surface area contributed by atoms with Gasteiger partial charge in [0.15, 0.2) is 0 Å². The smallest absolute Gasteiger partial charge is 0.0616 e. The van der Waals surface area contributed by atoms with Gasteiger partial charge in [0.05, 0.1) is 23.9 Å². The molecule has 0 aliphatic heterocycles. The number of hydrogen-bond donors (Lipinski definition) is 4. The highest BCUT2D eigenvalue weighted by atomic mass is 16.3. The summed E-state index contributed by atoms with van der Waals surface area (Å²) in [6, 6.07) is 0. The van der Waals surface area contributed by atoms with Crippen LogP contribution in [-0.4, -0.2) is 44.3 Å². The van der Waals surface area contributed by atoms with Gasteiger partial charge in [0.25, 0.3) is 0 Å². The topological polar surface area (TPSA) is 80.9 Å². The van der Waals surface area contributed by atoms with Crippen LogP contribution in [-0.2, 0) is 0 Å². The van der Waals surface area contributed by atoms with Gasteiger partial charge in [-0.2, -0.15) is 0 Å². The molecule has 0 radical (unpaired) electrons. The molecule has 0 aliphatic carbocycles. The van der Waals surface area contributed by atoms with E-state index < -0.39 is 23.9 Å². The molecule has 4 nitrogen and oxygen atoms in total. The lowest BCUT2D eigenvalue weighted by Gasteiger charge is -2.23. The van der Waals surface area contributed by atoms with Gasteiger partial charge in [-0.25, -0.2) is 0 Å². The summed E-state index contributed by atoms with van der Waals surface area (Å²) in [6.07, 6.45) is -1.35. The minimum absolute atomic E-state index is 0.189. The van der Waals surface area contributed by atoms with Gasteiger partial charge >= 0.3 is 0 Å². The largest absolute Gasteiger partial charge is 0.393 e. The molecule has 0 heterocycles. The fourth-order valence-electron chi connectivity index (χ4n) is 1.46. The van der Waals surface area contributed by atoms with Crippen LogP contribution < -0.4 is 0 Å².